The van der Waals surface area contributed by atoms with Gasteiger partial charge in [-0.2, -0.15) is 0 Å². The van der Waals surface area contributed by atoms with Gasteiger partial charge < -0.3 is 15.1 Å². The summed E-state index contributed by atoms with van der Waals surface area (Å²) in [6, 6.07) is 0. The van der Waals surface area contributed by atoms with E-state index in [1.54, 1.807) is 0 Å². The van der Waals surface area contributed by atoms with Gasteiger partial charge in [0.05, 0.1) is 0 Å². The predicted octanol–water partition coefficient (Wildman–Crippen LogP) is 1.26. The first kappa shape index (κ1) is 14.9. The molecule has 0 aromatic carbocycles. The van der Waals surface area contributed by atoms with E-state index in [0.717, 1.165) is 19.6 Å². The van der Waals surface area contributed by atoms with E-state index in [9.17, 15) is 0 Å². The number of nitrogens with one attached hydrogen (secondary N) is 1. The Morgan fingerprint density at radius 3 is 2.07 bits per heavy atom. The second-order valence-electron chi connectivity index (χ2n) is 4.39. The van der Waals surface area contributed by atoms with Gasteiger partial charge in [-0.05, 0) is 40.0 Å². The predicted molar refractivity (Wildman–Crippen MR) is 68.4 cm³/mol. The third-order valence-corrected chi connectivity index (χ3v) is 2.43. The van der Waals surface area contributed by atoms with Gasteiger partial charge in [0.15, 0.2) is 0 Å². The van der Waals surface area contributed by atoms with Crippen LogP contribution in [0, 0.1) is 0 Å². The number of hydrogen-bond acceptors (Lipinski definition) is 3. The summed E-state index contributed by atoms with van der Waals surface area (Å²) in [5, 5.41) is 3.46. The highest BCUT2D eigenvalue weighted by molar-refractivity contribution is 4.60. The molecule has 0 rings (SSSR count). The molecule has 0 aliphatic rings. The Morgan fingerprint density at radius 2 is 1.53 bits per heavy atom. The summed E-state index contributed by atoms with van der Waals surface area (Å²) in [5.74, 6) is 0. The van der Waals surface area contributed by atoms with E-state index < -0.39 is 0 Å². The average Bonchev–Trinajstić information content (AvgIpc) is 2.20. The van der Waals surface area contributed by atoms with Crippen molar-refractivity contribution in [3.63, 3.8) is 0 Å². The van der Waals surface area contributed by atoms with Crippen LogP contribution in [0.25, 0.3) is 0 Å². The van der Waals surface area contributed by atoms with Gasteiger partial charge in [0.25, 0.3) is 0 Å². The third kappa shape index (κ3) is 10.2. The lowest BCUT2D eigenvalue weighted by atomic mass is 10.3. The van der Waals surface area contributed by atoms with Gasteiger partial charge in [-0.15, -0.1) is 0 Å². The molecule has 0 aliphatic heterocycles. The summed E-state index contributed by atoms with van der Waals surface area (Å²) in [7, 11) is 4.28. The fraction of sp³-hybridized carbons (Fsp3) is 1.00. The molecular formula is C12H29N3. The summed E-state index contributed by atoms with van der Waals surface area (Å²) in [6.07, 6.45) is 2.48. The minimum atomic E-state index is 1.13. The lowest BCUT2D eigenvalue weighted by molar-refractivity contribution is 0.241. The second kappa shape index (κ2) is 10.4. The quantitative estimate of drug-likeness (QED) is 0.554. The van der Waals surface area contributed by atoms with Crippen molar-refractivity contribution in [2.24, 2.45) is 0 Å². The summed E-state index contributed by atoms with van der Waals surface area (Å²) in [6.45, 7) is 11.5. The first-order valence-electron chi connectivity index (χ1n) is 6.28. The highest BCUT2D eigenvalue weighted by Gasteiger charge is 2.03. The SMILES string of the molecule is CCCNCCN(CCC)CCN(C)C. The fourth-order valence-electron chi connectivity index (χ4n) is 1.53. The van der Waals surface area contributed by atoms with Crippen LogP contribution in [0.2, 0.25) is 0 Å². The van der Waals surface area contributed by atoms with Crippen LogP contribution < -0.4 is 5.32 Å². The third-order valence-electron chi connectivity index (χ3n) is 2.43. The molecule has 3 nitrogen and oxygen atoms in total. The Balaban J connectivity index is 3.53. The van der Waals surface area contributed by atoms with Crippen LogP contribution >= 0.6 is 0 Å². The highest BCUT2D eigenvalue weighted by atomic mass is 15.2. The van der Waals surface area contributed by atoms with Crippen molar-refractivity contribution < 1.29 is 0 Å². The fourth-order valence-corrected chi connectivity index (χ4v) is 1.53. The molecule has 0 bridgehead atoms. The molecule has 15 heavy (non-hydrogen) atoms. The maximum absolute atomic E-state index is 3.46. The molecule has 3 heteroatoms. The Morgan fingerprint density at radius 1 is 0.800 bits per heavy atom. The van der Waals surface area contributed by atoms with Gasteiger partial charge in [-0.3, -0.25) is 0 Å². The Bertz CT molecular complexity index is 126. The molecule has 0 aliphatic carbocycles. The molecule has 0 heterocycles. The number of rotatable bonds is 10. The normalized spacial score (nSPS) is 11.6. The number of nitrogens with zero attached hydrogens (tertiary/aromatic N) is 2. The second-order valence-corrected chi connectivity index (χ2v) is 4.39. The topological polar surface area (TPSA) is 18.5 Å². The maximum atomic E-state index is 3.46. The maximum Gasteiger partial charge on any atom is 0.0110 e. The molecule has 0 spiro atoms. The van der Waals surface area contributed by atoms with Gasteiger partial charge in [0.1, 0.15) is 0 Å². The summed E-state index contributed by atoms with van der Waals surface area (Å²) >= 11 is 0. The van der Waals surface area contributed by atoms with Crippen LogP contribution in [0.4, 0.5) is 0 Å². The van der Waals surface area contributed by atoms with Gasteiger partial charge >= 0.3 is 0 Å². The van der Waals surface area contributed by atoms with Gasteiger partial charge in [0.2, 0.25) is 0 Å². The zero-order chi connectivity index (χ0) is 11.5. The summed E-state index contributed by atoms with van der Waals surface area (Å²) < 4.78 is 0. The van der Waals surface area contributed by atoms with Crippen molar-refractivity contribution in [2.45, 2.75) is 26.7 Å². The number of hydrogen-bond donors (Lipinski definition) is 1. The van der Waals surface area contributed by atoms with E-state index in [1.165, 1.54) is 32.5 Å². The van der Waals surface area contributed by atoms with Crippen LogP contribution in [0.1, 0.15) is 26.7 Å². The zero-order valence-electron chi connectivity index (χ0n) is 11.1. The van der Waals surface area contributed by atoms with E-state index in [2.05, 4.69) is 43.1 Å². The lowest BCUT2D eigenvalue weighted by Crippen LogP contribution is -2.37. The molecule has 0 unspecified atom stereocenters. The van der Waals surface area contributed by atoms with Crippen molar-refractivity contribution in [3.8, 4) is 0 Å². The van der Waals surface area contributed by atoms with Gasteiger partial charge in [-0.25, -0.2) is 0 Å². The molecule has 0 radical (unpaired) electrons. The lowest BCUT2D eigenvalue weighted by Gasteiger charge is -2.23. The van der Waals surface area contributed by atoms with Crippen LogP contribution in [-0.4, -0.2) is 63.2 Å². The molecule has 92 valence electrons. The van der Waals surface area contributed by atoms with Crippen molar-refractivity contribution in [2.75, 3.05) is 53.4 Å². The van der Waals surface area contributed by atoms with Crippen molar-refractivity contribution in [1.29, 1.82) is 0 Å². The monoisotopic (exact) mass is 215 g/mol. The smallest absolute Gasteiger partial charge is 0.0110 e. The van der Waals surface area contributed by atoms with E-state index in [4.69, 9.17) is 0 Å². The Kier molecular flexibility index (Phi) is 10.3. The van der Waals surface area contributed by atoms with Gasteiger partial charge in [0, 0.05) is 26.2 Å². The molecule has 0 aromatic rings. The molecule has 0 saturated heterocycles. The molecule has 0 fully saturated rings. The van der Waals surface area contributed by atoms with E-state index in [0.29, 0.717) is 0 Å². The Hall–Kier alpha value is -0.120. The van der Waals surface area contributed by atoms with Crippen molar-refractivity contribution in [1.82, 2.24) is 15.1 Å². The van der Waals surface area contributed by atoms with E-state index in [1.807, 2.05) is 0 Å². The first-order chi connectivity index (χ1) is 7.20. The largest absolute Gasteiger partial charge is 0.315 e. The first-order valence-corrected chi connectivity index (χ1v) is 6.28. The molecular weight excluding hydrogens is 186 g/mol. The minimum absolute atomic E-state index is 1.13. The molecule has 0 saturated carbocycles. The zero-order valence-corrected chi connectivity index (χ0v) is 11.1. The number of likely N-dealkylation sites (N-methyl/N-ethyl adjacent to an activating group) is 1. The van der Waals surface area contributed by atoms with E-state index in [-0.39, 0.29) is 0 Å². The molecule has 0 aromatic heterocycles. The average molecular weight is 215 g/mol. The molecule has 0 atom stereocenters. The minimum Gasteiger partial charge on any atom is -0.315 e. The highest BCUT2D eigenvalue weighted by Crippen LogP contribution is 1.91. The van der Waals surface area contributed by atoms with E-state index >= 15 is 0 Å². The molecule has 0 amide bonds. The van der Waals surface area contributed by atoms with Crippen LogP contribution in [0.3, 0.4) is 0 Å². The summed E-state index contributed by atoms with van der Waals surface area (Å²) in [5.41, 5.74) is 0. The van der Waals surface area contributed by atoms with Gasteiger partial charge in [-0.1, -0.05) is 13.8 Å². The molecule has 1 N–H and O–H groups in total. The van der Waals surface area contributed by atoms with Crippen LogP contribution in [0.15, 0.2) is 0 Å². The summed E-state index contributed by atoms with van der Waals surface area (Å²) in [4.78, 5) is 4.80. The van der Waals surface area contributed by atoms with Crippen molar-refractivity contribution in [3.05, 3.63) is 0 Å². The Labute approximate surface area is 95.8 Å². The standard InChI is InChI=1S/C12H29N3/c1-5-7-13-8-10-15(9-6-2)12-11-14(3)4/h13H,5-12H2,1-4H3. The van der Waals surface area contributed by atoms with Crippen LogP contribution in [-0.2, 0) is 0 Å². The van der Waals surface area contributed by atoms with Crippen LogP contribution in [0.5, 0.6) is 0 Å². The van der Waals surface area contributed by atoms with Crippen molar-refractivity contribution >= 4 is 0 Å².